The molecule has 31 heavy (non-hydrogen) atoms. The van der Waals surface area contributed by atoms with Gasteiger partial charge in [-0.25, -0.2) is 19.3 Å². The monoisotopic (exact) mass is 403 g/mol. The standard InChI is InChI=1S/C27H18FN3/c28-24-17-15-20(16-18-24)19-11-13-23(14-12-19)27-30-25(21-7-3-1-4-8-21)29-26(31-27)22-9-5-2-6-10-22/h1-18H. The van der Waals surface area contributed by atoms with Crippen molar-refractivity contribution < 1.29 is 4.39 Å². The van der Waals surface area contributed by atoms with E-state index in [0.717, 1.165) is 27.8 Å². The van der Waals surface area contributed by atoms with Gasteiger partial charge in [0.15, 0.2) is 17.5 Å². The van der Waals surface area contributed by atoms with Gasteiger partial charge in [-0.15, -0.1) is 0 Å². The molecule has 0 unspecified atom stereocenters. The normalized spacial score (nSPS) is 10.7. The third-order valence-electron chi connectivity index (χ3n) is 5.02. The molecule has 4 aromatic carbocycles. The van der Waals surface area contributed by atoms with Crippen LogP contribution in [0.1, 0.15) is 0 Å². The topological polar surface area (TPSA) is 38.7 Å². The average Bonchev–Trinajstić information content (AvgIpc) is 2.85. The molecule has 0 aliphatic rings. The van der Waals surface area contributed by atoms with E-state index in [1.165, 1.54) is 12.1 Å². The Morgan fingerprint density at radius 1 is 0.355 bits per heavy atom. The maximum atomic E-state index is 13.2. The van der Waals surface area contributed by atoms with Gasteiger partial charge in [0.2, 0.25) is 0 Å². The Labute approximate surface area is 179 Å². The van der Waals surface area contributed by atoms with Gasteiger partial charge in [-0.05, 0) is 23.3 Å². The van der Waals surface area contributed by atoms with E-state index >= 15 is 0 Å². The molecule has 1 aromatic heterocycles. The van der Waals surface area contributed by atoms with Crippen molar-refractivity contribution >= 4 is 0 Å². The number of hydrogen-bond acceptors (Lipinski definition) is 3. The summed E-state index contributed by atoms with van der Waals surface area (Å²) in [4.78, 5) is 14.2. The summed E-state index contributed by atoms with van der Waals surface area (Å²) in [6, 6.07) is 34.2. The van der Waals surface area contributed by atoms with Crippen LogP contribution in [0.25, 0.3) is 45.3 Å². The number of rotatable bonds is 4. The molecule has 0 spiro atoms. The summed E-state index contributed by atoms with van der Waals surface area (Å²) in [6.45, 7) is 0. The summed E-state index contributed by atoms with van der Waals surface area (Å²) in [5.41, 5.74) is 4.73. The van der Waals surface area contributed by atoms with Crippen molar-refractivity contribution in [3.8, 4) is 45.3 Å². The van der Waals surface area contributed by atoms with Crippen LogP contribution >= 0.6 is 0 Å². The van der Waals surface area contributed by atoms with Gasteiger partial charge in [-0.1, -0.05) is 97.1 Å². The summed E-state index contributed by atoms with van der Waals surface area (Å²) in [5, 5.41) is 0. The molecule has 0 aliphatic carbocycles. The first-order valence-corrected chi connectivity index (χ1v) is 9.99. The van der Waals surface area contributed by atoms with Gasteiger partial charge < -0.3 is 0 Å². The molecule has 4 heteroatoms. The van der Waals surface area contributed by atoms with E-state index in [1.807, 2.05) is 84.9 Å². The highest BCUT2D eigenvalue weighted by atomic mass is 19.1. The smallest absolute Gasteiger partial charge is 0.164 e. The fourth-order valence-corrected chi connectivity index (χ4v) is 3.39. The molecule has 0 atom stereocenters. The number of nitrogens with zero attached hydrogens (tertiary/aromatic N) is 3. The lowest BCUT2D eigenvalue weighted by molar-refractivity contribution is 0.628. The van der Waals surface area contributed by atoms with Crippen LogP contribution in [0.2, 0.25) is 0 Å². The molecule has 0 amide bonds. The van der Waals surface area contributed by atoms with Crippen LogP contribution in [0.4, 0.5) is 4.39 Å². The maximum Gasteiger partial charge on any atom is 0.164 e. The first-order valence-electron chi connectivity index (χ1n) is 9.99. The summed E-state index contributed by atoms with van der Waals surface area (Å²) >= 11 is 0. The van der Waals surface area contributed by atoms with Crippen molar-refractivity contribution in [1.82, 2.24) is 15.0 Å². The molecule has 1 heterocycles. The van der Waals surface area contributed by atoms with Gasteiger partial charge in [0.25, 0.3) is 0 Å². The number of halogens is 1. The van der Waals surface area contributed by atoms with Gasteiger partial charge in [-0.2, -0.15) is 0 Å². The van der Waals surface area contributed by atoms with E-state index < -0.39 is 0 Å². The first-order chi connectivity index (χ1) is 15.3. The first kappa shape index (κ1) is 18.8. The minimum atomic E-state index is -0.243. The van der Waals surface area contributed by atoms with Gasteiger partial charge in [0.1, 0.15) is 5.82 Å². The lowest BCUT2D eigenvalue weighted by Gasteiger charge is -2.09. The summed E-state index contributed by atoms with van der Waals surface area (Å²) in [5.74, 6) is 1.63. The van der Waals surface area contributed by atoms with Gasteiger partial charge in [0.05, 0.1) is 0 Å². The Balaban J connectivity index is 1.58. The van der Waals surface area contributed by atoms with Crippen molar-refractivity contribution in [2.45, 2.75) is 0 Å². The molecule has 0 N–H and O–H groups in total. The Hall–Kier alpha value is -4.18. The zero-order chi connectivity index (χ0) is 21.0. The van der Waals surface area contributed by atoms with Crippen molar-refractivity contribution in [3.63, 3.8) is 0 Å². The lowest BCUT2D eigenvalue weighted by atomic mass is 10.0. The number of benzene rings is 4. The van der Waals surface area contributed by atoms with Crippen molar-refractivity contribution in [2.75, 3.05) is 0 Å². The average molecular weight is 403 g/mol. The molecule has 5 aromatic rings. The van der Waals surface area contributed by atoms with Crippen LogP contribution in [-0.2, 0) is 0 Å². The Bertz CT molecular complexity index is 1240. The minimum absolute atomic E-state index is 0.243. The SMILES string of the molecule is Fc1ccc(-c2ccc(-c3nc(-c4ccccc4)nc(-c4ccccc4)n3)cc2)cc1. The van der Waals surface area contributed by atoms with E-state index in [4.69, 9.17) is 15.0 Å². The molecular formula is C27H18FN3. The second-order valence-corrected chi connectivity index (χ2v) is 7.12. The highest BCUT2D eigenvalue weighted by Gasteiger charge is 2.12. The van der Waals surface area contributed by atoms with Crippen LogP contribution in [0.3, 0.4) is 0 Å². The van der Waals surface area contributed by atoms with E-state index in [1.54, 1.807) is 12.1 Å². The molecule has 0 aliphatic heterocycles. The van der Waals surface area contributed by atoms with Crippen molar-refractivity contribution in [3.05, 3.63) is 115 Å². The molecule has 0 saturated heterocycles. The van der Waals surface area contributed by atoms with E-state index in [0.29, 0.717) is 17.5 Å². The van der Waals surface area contributed by atoms with Gasteiger partial charge in [-0.3, -0.25) is 0 Å². The largest absolute Gasteiger partial charge is 0.208 e. The van der Waals surface area contributed by atoms with E-state index in [2.05, 4.69) is 0 Å². The highest BCUT2D eigenvalue weighted by molar-refractivity contribution is 5.70. The third-order valence-corrected chi connectivity index (χ3v) is 5.02. The Morgan fingerprint density at radius 2 is 0.677 bits per heavy atom. The summed E-state index contributed by atoms with van der Waals surface area (Å²) in [7, 11) is 0. The van der Waals surface area contributed by atoms with E-state index in [9.17, 15) is 4.39 Å². The molecule has 0 saturated carbocycles. The van der Waals surface area contributed by atoms with Crippen molar-refractivity contribution in [2.24, 2.45) is 0 Å². The number of aromatic nitrogens is 3. The van der Waals surface area contributed by atoms with Crippen LogP contribution in [0, 0.1) is 5.82 Å². The molecule has 148 valence electrons. The maximum absolute atomic E-state index is 13.2. The van der Waals surface area contributed by atoms with Crippen LogP contribution in [-0.4, -0.2) is 15.0 Å². The Kier molecular flexibility index (Phi) is 5.03. The fraction of sp³-hybridized carbons (Fsp3) is 0. The summed E-state index contributed by atoms with van der Waals surface area (Å²) in [6.07, 6.45) is 0. The summed E-state index contributed by atoms with van der Waals surface area (Å²) < 4.78 is 13.2. The zero-order valence-corrected chi connectivity index (χ0v) is 16.6. The van der Waals surface area contributed by atoms with Crippen LogP contribution in [0.5, 0.6) is 0 Å². The van der Waals surface area contributed by atoms with Crippen LogP contribution < -0.4 is 0 Å². The van der Waals surface area contributed by atoms with Crippen molar-refractivity contribution in [1.29, 1.82) is 0 Å². The van der Waals surface area contributed by atoms with E-state index in [-0.39, 0.29) is 5.82 Å². The third kappa shape index (κ3) is 4.09. The van der Waals surface area contributed by atoms with Gasteiger partial charge >= 0.3 is 0 Å². The fourth-order valence-electron chi connectivity index (χ4n) is 3.39. The predicted molar refractivity (Wildman–Crippen MR) is 122 cm³/mol. The lowest BCUT2D eigenvalue weighted by Crippen LogP contribution is -2.00. The predicted octanol–water partition coefficient (Wildman–Crippen LogP) is 6.68. The van der Waals surface area contributed by atoms with Crippen LogP contribution in [0.15, 0.2) is 109 Å². The quantitative estimate of drug-likeness (QED) is 0.336. The second kappa shape index (κ2) is 8.28. The molecule has 0 bridgehead atoms. The second-order valence-electron chi connectivity index (χ2n) is 7.12. The molecule has 0 fully saturated rings. The molecular weight excluding hydrogens is 385 g/mol. The minimum Gasteiger partial charge on any atom is -0.208 e. The molecule has 5 rings (SSSR count). The Morgan fingerprint density at radius 3 is 1.10 bits per heavy atom. The molecule has 3 nitrogen and oxygen atoms in total. The highest BCUT2D eigenvalue weighted by Crippen LogP contribution is 2.27. The zero-order valence-electron chi connectivity index (χ0n) is 16.6. The molecule has 0 radical (unpaired) electrons. The van der Waals surface area contributed by atoms with Gasteiger partial charge in [0, 0.05) is 16.7 Å². The number of hydrogen-bond donors (Lipinski definition) is 0.